The average molecular weight is 289 g/mol. The number of benzene rings is 1. The van der Waals surface area contributed by atoms with Gasteiger partial charge in [-0.25, -0.2) is 4.79 Å². The van der Waals surface area contributed by atoms with Crippen molar-refractivity contribution in [3.05, 3.63) is 35.9 Å². The fraction of sp³-hybridized carbons (Fsp3) is 0.500. The molecule has 3 amide bonds. The highest BCUT2D eigenvalue weighted by Crippen LogP contribution is 2.19. The summed E-state index contributed by atoms with van der Waals surface area (Å²) in [5.41, 5.74) is 6.14. The third-order valence-corrected chi connectivity index (χ3v) is 3.86. The Morgan fingerprint density at radius 1 is 1.10 bits per heavy atom. The molecule has 0 aromatic heterocycles. The molecule has 1 atom stereocenters. The van der Waals surface area contributed by atoms with E-state index in [0.29, 0.717) is 0 Å². The van der Waals surface area contributed by atoms with Crippen molar-refractivity contribution in [2.45, 2.75) is 38.1 Å². The van der Waals surface area contributed by atoms with Crippen molar-refractivity contribution in [3.8, 4) is 0 Å². The standard InChI is InChI=1S/C16H23N3O2/c17-16(21)18-14(13-8-4-3-5-9-13)12-15(20)19-10-6-1-2-7-11-19/h3-5,8-9,14H,1-2,6-7,10-12H2,(H3,17,18,21)/t14-/m0/s1. The molecule has 114 valence electrons. The Bertz CT molecular complexity index is 468. The fourth-order valence-electron chi connectivity index (χ4n) is 2.73. The normalized spacial score (nSPS) is 16.9. The maximum Gasteiger partial charge on any atom is 0.312 e. The van der Waals surface area contributed by atoms with Gasteiger partial charge in [0.05, 0.1) is 12.5 Å². The predicted molar refractivity (Wildman–Crippen MR) is 81.6 cm³/mol. The minimum atomic E-state index is -0.604. The summed E-state index contributed by atoms with van der Waals surface area (Å²) in [6, 6.07) is 8.52. The summed E-state index contributed by atoms with van der Waals surface area (Å²) in [4.78, 5) is 25.5. The molecule has 1 aromatic carbocycles. The molecule has 0 bridgehead atoms. The van der Waals surface area contributed by atoms with Gasteiger partial charge in [0.2, 0.25) is 5.91 Å². The molecule has 1 aliphatic heterocycles. The van der Waals surface area contributed by atoms with Gasteiger partial charge < -0.3 is 16.0 Å². The van der Waals surface area contributed by atoms with E-state index in [9.17, 15) is 9.59 Å². The summed E-state index contributed by atoms with van der Waals surface area (Å²) < 4.78 is 0. The van der Waals surface area contributed by atoms with Crippen LogP contribution >= 0.6 is 0 Å². The first-order chi connectivity index (χ1) is 10.2. The molecule has 1 aromatic rings. The first kappa shape index (κ1) is 15.4. The van der Waals surface area contributed by atoms with Crippen LogP contribution in [0, 0.1) is 0 Å². The van der Waals surface area contributed by atoms with Gasteiger partial charge in [0, 0.05) is 13.1 Å². The van der Waals surface area contributed by atoms with Crippen LogP contribution in [0.25, 0.3) is 0 Å². The lowest BCUT2D eigenvalue weighted by Gasteiger charge is -2.24. The zero-order chi connectivity index (χ0) is 15.1. The minimum Gasteiger partial charge on any atom is -0.352 e. The Morgan fingerprint density at radius 2 is 1.71 bits per heavy atom. The topological polar surface area (TPSA) is 75.4 Å². The smallest absolute Gasteiger partial charge is 0.312 e. The number of amides is 3. The second-order valence-corrected chi connectivity index (χ2v) is 5.47. The van der Waals surface area contributed by atoms with Crippen molar-refractivity contribution in [1.82, 2.24) is 10.2 Å². The Hall–Kier alpha value is -2.04. The molecule has 1 aliphatic rings. The van der Waals surface area contributed by atoms with E-state index in [1.54, 1.807) is 0 Å². The van der Waals surface area contributed by atoms with E-state index >= 15 is 0 Å². The summed E-state index contributed by atoms with van der Waals surface area (Å²) in [7, 11) is 0. The summed E-state index contributed by atoms with van der Waals surface area (Å²) in [6.07, 6.45) is 4.75. The lowest BCUT2D eigenvalue weighted by atomic mass is 10.0. The summed E-state index contributed by atoms with van der Waals surface area (Å²) in [6.45, 7) is 1.63. The van der Waals surface area contributed by atoms with Crippen LogP contribution < -0.4 is 11.1 Å². The number of urea groups is 1. The van der Waals surface area contributed by atoms with Gasteiger partial charge in [0.25, 0.3) is 0 Å². The highest BCUT2D eigenvalue weighted by Gasteiger charge is 2.22. The first-order valence-electron chi connectivity index (χ1n) is 7.55. The molecule has 0 aliphatic carbocycles. The maximum atomic E-state index is 12.4. The van der Waals surface area contributed by atoms with Gasteiger partial charge in [-0.3, -0.25) is 4.79 Å². The van der Waals surface area contributed by atoms with Gasteiger partial charge in [-0.2, -0.15) is 0 Å². The van der Waals surface area contributed by atoms with Crippen LogP contribution in [-0.4, -0.2) is 29.9 Å². The number of nitrogens with one attached hydrogen (secondary N) is 1. The molecule has 0 unspecified atom stereocenters. The number of nitrogens with zero attached hydrogens (tertiary/aromatic N) is 1. The number of carbonyl (C=O) groups is 2. The molecule has 5 nitrogen and oxygen atoms in total. The molecule has 1 saturated heterocycles. The SMILES string of the molecule is NC(=O)N[C@@H](CC(=O)N1CCCCCC1)c1ccccc1. The highest BCUT2D eigenvalue weighted by atomic mass is 16.2. The Morgan fingerprint density at radius 3 is 2.29 bits per heavy atom. The number of carbonyl (C=O) groups excluding carboxylic acids is 2. The van der Waals surface area contributed by atoms with E-state index in [2.05, 4.69) is 5.32 Å². The van der Waals surface area contributed by atoms with Gasteiger partial charge in [-0.15, -0.1) is 0 Å². The van der Waals surface area contributed by atoms with E-state index in [4.69, 9.17) is 5.73 Å². The molecule has 0 radical (unpaired) electrons. The van der Waals surface area contributed by atoms with Crippen LogP contribution in [0.3, 0.4) is 0 Å². The molecule has 1 fully saturated rings. The lowest BCUT2D eigenvalue weighted by Crippen LogP contribution is -2.38. The predicted octanol–water partition coefficient (Wildman–Crippen LogP) is 2.19. The monoisotopic (exact) mass is 289 g/mol. The zero-order valence-corrected chi connectivity index (χ0v) is 12.3. The van der Waals surface area contributed by atoms with Crippen molar-refractivity contribution in [2.24, 2.45) is 5.73 Å². The largest absolute Gasteiger partial charge is 0.352 e. The number of hydrogen-bond donors (Lipinski definition) is 2. The number of hydrogen-bond acceptors (Lipinski definition) is 2. The number of likely N-dealkylation sites (tertiary alicyclic amines) is 1. The third-order valence-electron chi connectivity index (χ3n) is 3.86. The summed E-state index contributed by atoms with van der Waals surface area (Å²) >= 11 is 0. The number of nitrogens with two attached hydrogens (primary N) is 1. The van der Waals surface area contributed by atoms with E-state index < -0.39 is 6.03 Å². The molecule has 2 rings (SSSR count). The van der Waals surface area contributed by atoms with Crippen molar-refractivity contribution in [1.29, 1.82) is 0 Å². The minimum absolute atomic E-state index is 0.0829. The lowest BCUT2D eigenvalue weighted by molar-refractivity contribution is -0.131. The van der Waals surface area contributed by atoms with Crippen molar-refractivity contribution < 1.29 is 9.59 Å². The van der Waals surface area contributed by atoms with Crippen LogP contribution in [0.5, 0.6) is 0 Å². The van der Waals surface area contributed by atoms with Crippen LogP contribution in [-0.2, 0) is 4.79 Å². The van der Waals surface area contributed by atoms with Gasteiger partial charge in [-0.1, -0.05) is 43.2 Å². The zero-order valence-electron chi connectivity index (χ0n) is 12.3. The van der Waals surface area contributed by atoms with Crippen LogP contribution in [0.2, 0.25) is 0 Å². The second kappa shape index (κ2) is 7.67. The molecule has 21 heavy (non-hydrogen) atoms. The maximum absolute atomic E-state index is 12.4. The third kappa shape index (κ3) is 4.77. The quantitative estimate of drug-likeness (QED) is 0.891. The first-order valence-corrected chi connectivity index (χ1v) is 7.55. The molecular formula is C16H23N3O2. The van der Waals surface area contributed by atoms with E-state index in [1.807, 2.05) is 35.2 Å². The number of rotatable bonds is 4. The molecule has 3 N–H and O–H groups in total. The summed E-state index contributed by atoms with van der Waals surface area (Å²) in [5, 5.41) is 2.67. The molecule has 0 spiro atoms. The van der Waals surface area contributed by atoms with E-state index in [1.165, 1.54) is 12.8 Å². The average Bonchev–Trinajstić information content (AvgIpc) is 2.76. The van der Waals surface area contributed by atoms with E-state index in [0.717, 1.165) is 31.5 Å². The van der Waals surface area contributed by atoms with Gasteiger partial charge in [0.1, 0.15) is 0 Å². The Kier molecular flexibility index (Phi) is 5.60. The molecule has 5 heteroatoms. The van der Waals surface area contributed by atoms with E-state index in [-0.39, 0.29) is 18.4 Å². The molecular weight excluding hydrogens is 266 g/mol. The van der Waals surface area contributed by atoms with Gasteiger partial charge >= 0.3 is 6.03 Å². The van der Waals surface area contributed by atoms with Gasteiger partial charge in [0.15, 0.2) is 0 Å². The number of primary amides is 1. The van der Waals surface area contributed by atoms with Crippen molar-refractivity contribution in [2.75, 3.05) is 13.1 Å². The summed E-state index contributed by atoms with van der Waals surface area (Å²) in [5.74, 6) is 0.0829. The fourth-order valence-corrected chi connectivity index (χ4v) is 2.73. The highest BCUT2D eigenvalue weighted by molar-refractivity contribution is 5.79. The molecule has 1 heterocycles. The van der Waals surface area contributed by atoms with Crippen LogP contribution in [0.15, 0.2) is 30.3 Å². The van der Waals surface area contributed by atoms with Crippen LogP contribution in [0.1, 0.15) is 43.7 Å². The van der Waals surface area contributed by atoms with Crippen molar-refractivity contribution in [3.63, 3.8) is 0 Å². The van der Waals surface area contributed by atoms with Gasteiger partial charge in [-0.05, 0) is 18.4 Å². The molecule has 0 saturated carbocycles. The van der Waals surface area contributed by atoms with Crippen LogP contribution in [0.4, 0.5) is 4.79 Å². The Balaban J connectivity index is 2.03. The second-order valence-electron chi connectivity index (χ2n) is 5.47. The Labute approximate surface area is 125 Å². The van der Waals surface area contributed by atoms with Crippen molar-refractivity contribution >= 4 is 11.9 Å².